The molecule has 1 amide bonds. The van der Waals surface area contributed by atoms with Gasteiger partial charge in [-0.1, -0.05) is 11.6 Å². The summed E-state index contributed by atoms with van der Waals surface area (Å²) in [5, 5.41) is 13.6. The molecule has 1 heterocycles. The zero-order chi connectivity index (χ0) is 13.1. The predicted octanol–water partition coefficient (Wildman–Crippen LogP) is 4.13. The number of benzene rings is 1. The van der Waals surface area contributed by atoms with Crippen LogP contribution in [0.5, 0.6) is 0 Å². The van der Waals surface area contributed by atoms with E-state index in [4.69, 9.17) is 16.9 Å². The van der Waals surface area contributed by atoms with E-state index < -0.39 is 0 Å². The first-order valence-corrected chi connectivity index (χ1v) is 7.19. The lowest BCUT2D eigenvalue weighted by molar-refractivity contribution is 0.102. The van der Waals surface area contributed by atoms with Crippen LogP contribution in [0.3, 0.4) is 0 Å². The Balaban J connectivity index is 2.17. The Morgan fingerprint density at radius 2 is 2.22 bits per heavy atom. The highest BCUT2D eigenvalue weighted by Gasteiger charge is 2.09. The van der Waals surface area contributed by atoms with Gasteiger partial charge in [0.25, 0.3) is 5.91 Å². The van der Waals surface area contributed by atoms with Gasteiger partial charge in [0.15, 0.2) is 0 Å². The van der Waals surface area contributed by atoms with Gasteiger partial charge in [0.2, 0.25) is 0 Å². The summed E-state index contributed by atoms with van der Waals surface area (Å²) in [7, 11) is 0. The zero-order valence-corrected chi connectivity index (χ0v) is 12.6. The van der Waals surface area contributed by atoms with Crippen LogP contribution in [0.1, 0.15) is 15.9 Å². The second-order valence-electron chi connectivity index (χ2n) is 3.40. The van der Waals surface area contributed by atoms with Crippen molar-refractivity contribution in [2.24, 2.45) is 0 Å². The number of halogens is 2. The first-order chi connectivity index (χ1) is 8.60. The number of nitrogens with zero attached hydrogens (tertiary/aromatic N) is 1. The summed E-state index contributed by atoms with van der Waals surface area (Å²) in [6.07, 6.45) is 0. The van der Waals surface area contributed by atoms with Crippen LogP contribution in [0, 0.1) is 14.2 Å². The van der Waals surface area contributed by atoms with Crippen LogP contribution in [0.4, 0.5) is 5.69 Å². The topological polar surface area (TPSA) is 52.9 Å². The van der Waals surface area contributed by atoms with Crippen molar-refractivity contribution in [1.82, 2.24) is 0 Å². The normalized spacial score (nSPS) is 9.83. The highest BCUT2D eigenvalue weighted by molar-refractivity contribution is 14.1. The zero-order valence-electron chi connectivity index (χ0n) is 8.91. The molecule has 1 aromatic carbocycles. The van der Waals surface area contributed by atoms with Gasteiger partial charge in [-0.2, -0.15) is 5.26 Å². The molecule has 0 saturated carbocycles. The minimum absolute atomic E-state index is 0.185. The second kappa shape index (κ2) is 5.69. The van der Waals surface area contributed by atoms with Crippen LogP contribution in [0.2, 0.25) is 5.02 Å². The Morgan fingerprint density at radius 1 is 1.44 bits per heavy atom. The molecule has 0 saturated heterocycles. The molecule has 6 heteroatoms. The third kappa shape index (κ3) is 3.02. The van der Waals surface area contributed by atoms with Crippen molar-refractivity contribution in [1.29, 1.82) is 5.26 Å². The first kappa shape index (κ1) is 13.3. The van der Waals surface area contributed by atoms with Gasteiger partial charge in [-0.25, -0.2) is 0 Å². The van der Waals surface area contributed by atoms with Crippen molar-refractivity contribution in [3.05, 3.63) is 48.7 Å². The number of thiophene rings is 1. The number of carbonyl (C=O) groups is 1. The van der Waals surface area contributed by atoms with Gasteiger partial charge in [0.1, 0.15) is 6.07 Å². The van der Waals surface area contributed by atoms with E-state index >= 15 is 0 Å². The molecule has 0 spiro atoms. The van der Waals surface area contributed by atoms with Gasteiger partial charge in [0, 0.05) is 11.1 Å². The molecule has 0 fully saturated rings. The number of hydrogen-bond donors (Lipinski definition) is 1. The van der Waals surface area contributed by atoms with Crippen LogP contribution in [-0.4, -0.2) is 5.91 Å². The van der Waals surface area contributed by atoms with E-state index in [1.165, 1.54) is 11.3 Å². The molecular weight excluding hydrogens is 383 g/mol. The van der Waals surface area contributed by atoms with Gasteiger partial charge in [-0.05, 0) is 46.9 Å². The molecule has 0 bridgehead atoms. The minimum atomic E-state index is -0.185. The molecule has 0 atom stereocenters. The molecule has 1 aromatic heterocycles. The van der Waals surface area contributed by atoms with Crippen LogP contribution in [-0.2, 0) is 0 Å². The van der Waals surface area contributed by atoms with E-state index in [1.807, 2.05) is 12.1 Å². The number of nitriles is 1. The van der Waals surface area contributed by atoms with Crippen molar-refractivity contribution >= 4 is 57.1 Å². The molecule has 0 aliphatic carbocycles. The molecular formula is C12H6ClIN2OS. The van der Waals surface area contributed by atoms with E-state index in [2.05, 4.69) is 27.9 Å². The highest BCUT2D eigenvalue weighted by atomic mass is 127. The predicted molar refractivity (Wildman–Crippen MR) is 81.2 cm³/mol. The number of nitrogens with one attached hydrogen (secondary N) is 1. The molecule has 2 aromatic rings. The maximum Gasteiger partial charge on any atom is 0.256 e. The smallest absolute Gasteiger partial charge is 0.256 e. The summed E-state index contributed by atoms with van der Waals surface area (Å²) >= 11 is 9.56. The van der Waals surface area contributed by atoms with E-state index in [0.29, 0.717) is 21.8 Å². The van der Waals surface area contributed by atoms with Crippen LogP contribution in [0.15, 0.2) is 29.6 Å². The molecule has 18 heavy (non-hydrogen) atoms. The lowest BCUT2D eigenvalue weighted by Crippen LogP contribution is -2.10. The number of rotatable bonds is 2. The standard InChI is InChI=1S/C12H6ClIN2OS/c13-10-4-9(2-1-7(10)5-15)16-12(17)8-3-11(14)18-6-8/h1-4,6H,(H,16,17). The lowest BCUT2D eigenvalue weighted by Gasteiger charge is -2.04. The van der Waals surface area contributed by atoms with E-state index in [9.17, 15) is 4.79 Å². The van der Waals surface area contributed by atoms with Gasteiger partial charge in [-0.3, -0.25) is 4.79 Å². The Labute approximate surface area is 127 Å². The number of hydrogen-bond acceptors (Lipinski definition) is 3. The Kier molecular flexibility index (Phi) is 4.22. The van der Waals surface area contributed by atoms with Crippen molar-refractivity contribution in [3.8, 4) is 6.07 Å². The van der Waals surface area contributed by atoms with Crippen molar-refractivity contribution in [2.75, 3.05) is 5.32 Å². The van der Waals surface area contributed by atoms with Crippen molar-refractivity contribution < 1.29 is 4.79 Å². The lowest BCUT2D eigenvalue weighted by atomic mass is 10.2. The van der Waals surface area contributed by atoms with Gasteiger partial charge in [0.05, 0.1) is 19.0 Å². The maximum atomic E-state index is 11.9. The molecule has 2 rings (SSSR count). The average Bonchev–Trinajstić information content (AvgIpc) is 2.76. The summed E-state index contributed by atoms with van der Waals surface area (Å²) in [4.78, 5) is 11.9. The molecule has 0 aliphatic rings. The minimum Gasteiger partial charge on any atom is -0.322 e. The SMILES string of the molecule is N#Cc1ccc(NC(=O)c2csc(I)c2)cc1Cl. The van der Waals surface area contributed by atoms with Gasteiger partial charge < -0.3 is 5.32 Å². The van der Waals surface area contributed by atoms with E-state index in [1.54, 1.807) is 23.6 Å². The molecule has 3 nitrogen and oxygen atoms in total. The summed E-state index contributed by atoms with van der Waals surface area (Å²) in [5.74, 6) is -0.185. The van der Waals surface area contributed by atoms with E-state index in [0.717, 1.165) is 2.88 Å². The number of amides is 1. The van der Waals surface area contributed by atoms with Gasteiger partial charge in [-0.15, -0.1) is 11.3 Å². The van der Waals surface area contributed by atoms with Crippen LogP contribution < -0.4 is 5.32 Å². The summed E-state index contributed by atoms with van der Waals surface area (Å²) in [5.41, 5.74) is 1.58. The largest absolute Gasteiger partial charge is 0.322 e. The first-order valence-electron chi connectivity index (χ1n) is 4.85. The fourth-order valence-electron chi connectivity index (χ4n) is 1.32. The summed E-state index contributed by atoms with van der Waals surface area (Å²) in [6, 6.07) is 8.57. The quantitative estimate of drug-likeness (QED) is 0.787. The van der Waals surface area contributed by atoms with Crippen LogP contribution >= 0.6 is 45.5 Å². The fourth-order valence-corrected chi connectivity index (χ4v) is 2.87. The average molecular weight is 389 g/mol. The van der Waals surface area contributed by atoms with Gasteiger partial charge >= 0.3 is 0 Å². The van der Waals surface area contributed by atoms with Crippen molar-refractivity contribution in [2.45, 2.75) is 0 Å². The van der Waals surface area contributed by atoms with Crippen molar-refractivity contribution in [3.63, 3.8) is 0 Å². The molecule has 0 radical (unpaired) electrons. The second-order valence-corrected chi connectivity index (χ2v) is 6.61. The maximum absolute atomic E-state index is 11.9. The Bertz CT molecular complexity index is 648. The van der Waals surface area contributed by atoms with Crippen LogP contribution in [0.25, 0.3) is 0 Å². The fraction of sp³-hybridized carbons (Fsp3) is 0. The summed E-state index contributed by atoms with van der Waals surface area (Å²) in [6.45, 7) is 0. The number of anilines is 1. The molecule has 90 valence electrons. The highest BCUT2D eigenvalue weighted by Crippen LogP contribution is 2.22. The third-order valence-electron chi connectivity index (χ3n) is 2.18. The Hall–Kier alpha value is -1.10. The number of carbonyl (C=O) groups excluding carboxylic acids is 1. The molecule has 0 aliphatic heterocycles. The monoisotopic (exact) mass is 388 g/mol. The van der Waals surface area contributed by atoms with E-state index in [-0.39, 0.29) is 5.91 Å². The Morgan fingerprint density at radius 3 is 2.78 bits per heavy atom. The third-order valence-corrected chi connectivity index (χ3v) is 4.28. The molecule has 1 N–H and O–H groups in total. The molecule has 0 unspecified atom stereocenters. The summed E-state index contributed by atoms with van der Waals surface area (Å²) < 4.78 is 1.05.